The smallest absolute Gasteiger partial charge is 0.293 e. The molecule has 1 amide bonds. The van der Waals surface area contributed by atoms with Crippen molar-refractivity contribution >= 4 is 40.3 Å². The van der Waals surface area contributed by atoms with Crippen LogP contribution in [-0.4, -0.2) is 10.8 Å². The van der Waals surface area contributed by atoms with Crippen LogP contribution in [0.25, 0.3) is 0 Å². The first kappa shape index (κ1) is 14.6. The summed E-state index contributed by atoms with van der Waals surface area (Å²) in [6, 6.07) is 8.61. The van der Waals surface area contributed by atoms with Crippen LogP contribution in [0.4, 0.5) is 22.7 Å². The zero-order valence-electron chi connectivity index (χ0n) is 10.7. The highest BCUT2D eigenvalue weighted by molar-refractivity contribution is 6.33. The number of hydrogen-bond donors (Lipinski definition) is 3. The van der Waals surface area contributed by atoms with Gasteiger partial charge in [0, 0.05) is 17.3 Å². The zero-order valence-corrected chi connectivity index (χ0v) is 11.4. The van der Waals surface area contributed by atoms with Gasteiger partial charge in [-0.2, -0.15) is 0 Å². The molecule has 0 spiro atoms. The molecule has 5 N–H and O–H groups in total. The van der Waals surface area contributed by atoms with E-state index in [0.29, 0.717) is 16.4 Å². The van der Waals surface area contributed by atoms with Crippen LogP contribution >= 0.6 is 11.6 Å². The summed E-state index contributed by atoms with van der Waals surface area (Å²) in [5.41, 5.74) is 11.6. The van der Waals surface area contributed by atoms with Gasteiger partial charge in [-0.15, -0.1) is 0 Å². The largest absolute Gasteiger partial charge is 0.399 e. The summed E-state index contributed by atoms with van der Waals surface area (Å²) in [6.45, 7) is 0. The van der Waals surface area contributed by atoms with Gasteiger partial charge < -0.3 is 16.8 Å². The second-order valence-electron chi connectivity index (χ2n) is 4.22. The summed E-state index contributed by atoms with van der Waals surface area (Å²) in [4.78, 5) is 21.6. The summed E-state index contributed by atoms with van der Waals surface area (Å²) in [7, 11) is 0. The fourth-order valence-corrected chi connectivity index (χ4v) is 1.89. The lowest BCUT2D eigenvalue weighted by molar-refractivity contribution is -0.383. The van der Waals surface area contributed by atoms with Crippen LogP contribution in [0.15, 0.2) is 36.4 Å². The Morgan fingerprint density at radius 1 is 1.19 bits per heavy atom. The minimum Gasteiger partial charge on any atom is -0.399 e. The Hall–Kier alpha value is -2.80. The molecule has 0 atom stereocenters. The van der Waals surface area contributed by atoms with Gasteiger partial charge in [-0.1, -0.05) is 11.6 Å². The van der Waals surface area contributed by atoms with Crippen LogP contribution in [0.2, 0.25) is 5.02 Å². The number of halogens is 1. The molecule has 7 nitrogen and oxygen atoms in total. The third-order valence-corrected chi connectivity index (χ3v) is 3.07. The monoisotopic (exact) mass is 306 g/mol. The highest BCUT2D eigenvalue weighted by Crippen LogP contribution is 2.32. The summed E-state index contributed by atoms with van der Waals surface area (Å²) < 4.78 is 0. The zero-order chi connectivity index (χ0) is 15.6. The van der Waals surface area contributed by atoms with E-state index in [9.17, 15) is 14.9 Å². The molecule has 0 radical (unpaired) electrons. The molecule has 2 aromatic rings. The molecule has 8 heteroatoms. The molecule has 0 aliphatic heterocycles. The number of amides is 1. The SMILES string of the molecule is NC(=O)c1ccc(Nc2cc(N)ccc2Cl)c([N+](=O)[O-])c1. The maximum Gasteiger partial charge on any atom is 0.293 e. The van der Waals surface area contributed by atoms with Gasteiger partial charge in [0.1, 0.15) is 5.69 Å². The van der Waals surface area contributed by atoms with E-state index in [2.05, 4.69) is 5.32 Å². The first-order valence-corrected chi connectivity index (χ1v) is 6.16. The Kier molecular flexibility index (Phi) is 3.95. The lowest BCUT2D eigenvalue weighted by Gasteiger charge is -2.10. The van der Waals surface area contributed by atoms with Crippen molar-refractivity contribution in [3.8, 4) is 0 Å². The molecule has 2 rings (SSSR count). The number of hydrogen-bond acceptors (Lipinski definition) is 5. The average molecular weight is 307 g/mol. The van der Waals surface area contributed by atoms with Gasteiger partial charge in [0.2, 0.25) is 5.91 Å². The van der Waals surface area contributed by atoms with Gasteiger partial charge in [-0.3, -0.25) is 14.9 Å². The average Bonchev–Trinajstić information content (AvgIpc) is 2.42. The highest BCUT2D eigenvalue weighted by atomic mass is 35.5. The van der Waals surface area contributed by atoms with Gasteiger partial charge in [0.25, 0.3) is 5.69 Å². The molecule has 0 unspecified atom stereocenters. The van der Waals surface area contributed by atoms with E-state index >= 15 is 0 Å². The minimum absolute atomic E-state index is 0.0472. The number of nitrogens with one attached hydrogen (secondary N) is 1. The van der Waals surface area contributed by atoms with Crippen molar-refractivity contribution in [3.05, 3.63) is 57.1 Å². The number of nitrogens with two attached hydrogens (primary N) is 2. The lowest BCUT2D eigenvalue weighted by atomic mass is 10.1. The van der Waals surface area contributed by atoms with Crippen molar-refractivity contribution in [2.75, 3.05) is 11.1 Å². The number of nitro groups is 1. The van der Waals surface area contributed by atoms with Gasteiger partial charge in [-0.05, 0) is 30.3 Å². The number of benzene rings is 2. The van der Waals surface area contributed by atoms with Gasteiger partial charge >= 0.3 is 0 Å². The Labute approximate surface area is 124 Å². The molecular formula is C13H11ClN4O3. The first-order valence-electron chi connectivity index (χ1n) is 5.79. The predicted molar refractivity (Wildman–Crippen MR) is 80.8 cm³/mol. The molecule has 21 heavy (non-hydrogen) atoms. The molecule has 0 aliphatic carbocycles. The number of carbonyl (C=O) groups is 1. The molecule has 0 saturated carbocycles. The van der Waals surface area contributed by atoms with E-state index in [1.54, 1.807) is 18.2 Å². The molecule has 0 fully saturated rings. The lowest BCUT2D eigenvalue weighted by Crippen LogP contribution is -2.11. The van der Waals surface area contributed by atoms with E-state index in [-0.39, 0.29) is 16.9 Å². The molecule has 0 aromatic heterocycles. The quantitative estimate of drug-likeness (QED) is 0.455. The maximum atomic E-state index is 11.1. The van der Waals surface area contributed by atoms with Crippen LogP contribution in [0.3, 0.4) is 0 Å². The molecular weight excluding hydrogens is 296 g/mol. The van der Waals surface area contributed by atoms with E-state index < -0.39 is 10.8 Å². The second-order valence-corrected chi connectivity index (χ2v) is 4.62. The fourth-order valence-electron chi connectivity index (χ4n) is 1.73. The van der Waals surface area contributed by atoms with Crippen LogP contribution in [-0.2, 0) is 0 Å². The first-order chi connectivity index (χ1) is 9.88. The summed E-state index contributed by atoms with van der Waals surface area (Å²) >= 11 is 6.00. The normalized spacial score (nSPS) is 10.1. The molecule has 0 bridgehead atoms. The standard InChI is InChI=1S/C13H11ClN4O3/c14-9-3-2-8(15)6-11(9)17-10-4-1-7(13(16)19)5-12(10)18(20)21/h1-6,17H,15H2,(H2,16,19). The number of nitrogens with zero attached hydrogens (tertiary/aromatic N) is 1. The number of nitrogen functional groups attached to an aromatic ring is 1. The van der Waals surface area contributed by atoms with Crippen LogP contribution in [0, 0.1) is 10.1 Å². The molecule has 108 valence electrons. The Morgan fingerprint density at radius 3 is 2.52 bits per heavy atom. The summed E-state index contributed by atoms with van der Waals surface area (Å²) in [5.74, 6) is -0.744. The predicted octanol–water partition coefficient (Wildman–Crippen LogP) is 2.67. The Morgan fingerprint density at radius 2 is 1.90 bits per heavy atom. The number of anilines is 3. The van der Waals surface area contributed by atoms with Crippen molar-refractivity contribution in [3.63, 3.8) is 0 Å². The van der Waals surface area contributed by atoms with Crippen LogP contribution in [0.1, 0.15) is 10.4 Å². The highest BCUT2D eigenvalue weighted by Gasteiger charge is 2.17. The minimum atomic E-state index is -0.744. The van der Waals surface area contributed by atoms with Crippen molar-refractivity contribution in [1.82, 2.24) is 0 Å². The van der Waals surface area contributed by atoms with Gasteiger partial charge in [0.15, 0.2) is 0 Å². The third-order valence-electron chi connectivity index (χ3n) is 2.74. The second kappa shape index (κ2) is 5.68. The molecule has 2 aromatic carbocycles. The topological polar surface area (TPSA) is 124 Å². The van der Waals surface area contributed by atoms with E-state index in [1.807, 2.05) is 0 Å². The van der Waals surface area contributed by atoms with Crippen molar-refractivity contribution in [2.45, 2.75) is 0 Å². The number of primary amides is 1. The number of rotatable bonds is 4. The van der Waals surface area contributed by atoms with Crippen molar-refractivity contribution in [2.24, 2.45) is 5.73 Å². The molecule has 0 aliphatic rings. The van der Waals surface area contributed by atoms with Gasteiger partial charge in [-0.25, -0.2) is 0 Å². The summed E-state index contributed by atoms with van der Waals surface area (Å²) in [5, 5.41) is 14.3. The number of nitro benzene ring substituents is 1. The summed E-state index contributed by atoms with van der Waals surface area (Å²) in [6.07, 6.45) is 0. The number of carbonyl (C=O) groups excluding carboxylic acids is 1. The molecule has 0 heterocycles. The van der Waals surface area contributed by atoms with E-state index in [1.165, 1.54) is 12.1 Å². The van der Waals surface area contributed by atoms with Crippen molar-refractivity contribution in [1.29, 1.82) is 0 Å². The fraction of sp³-hybridized carbons (Fsp3) is 0. The Bertz CT molecular complexity index is 733. The molecule has 0 saturated heterocycles. The van der Waals surface area contributed by atoms with Gasteiger partial charge in [0.05, 0.1) is 15.6 Å². The Balaban J connectivity index is 2.46. The van der Waals surface area contributed by atoms with Crippen LogP contribution in [0.5, 0.6) is 0 Å². The van der Waals surface area contributed by atoms with E-state index in [4.69, 9.17) is 23.1 Å². The van der Waals surface area contributed by atoms with Crippen LogP contribution < -0.4 is 16.8 Å². The van der Waals surface area contributed by atoms with E-state index in [0.717, 1.165) is 6.07 Å². The van der Waals surface area contributed by atoms with Crippen molar-refractivity contribution < 1.29 is 9.72 Å². The maximum absolute atomic E-state index is 11.1. The third kappa shape index (κ3) is 3.21.